The average molecular weight is 309 g/mol. The maximum atomic E-state index is 13.7. The molecule has 0 fully saturated rings. The number of hydrogen-bond acceptors (Lipinski definition) is 3. The van der Waals surface area contributed by atoms with Crippen molar-refractivity contribution >= 4 is 29.2 Å². The van der Waals surface area contributed by atoms with Gasteiger partial charge >= 0.3 is 5.97 Å². The third kappa shape index (κ3) is 3.35. The van der Waals surface area contributed by atoms with Crippen LogP contribution in [0.1, 0.15) is 26.4 Å². The summed E-state index contributed by atoms with van der Waals surface area (Å²) in [6, 6.07) is 4.70. The van der Waals surface area contributed by atoms with Gasteiger partial charge in [-0.3, -0.25) is 9.78 Å². The number of aryl methyl sites for hydroxylation is 1. The van der Waals surface area contributed by atoms with Gasteiger partial charge in [-0.1, -0.05) is 11.6 Å². The summed E-state index contributed by atoms with van der Waals surface area (Å²) >= 11 is 5.92. The number of carbonyl (C=O) groups excluding carboxylic acids is 1. The molecule has 0 spiro atoms. The molecule has 21 heavy (non-hydrogen) atoms. The summed E-state index contributed by atoms with van der Waals surface area (Å²) in [5.41, 5.74) is 0.402. The summed E-state index contributed by atoms with van der Waals surface area (Å²) in [5, 5.41) is 11.3. The van der Waals surface area contributed by atoms with Crippen molar-refractivity contribution in [3.8, 4) is 0 Å². The van der Waals surface area contributed by atoms with E-state index in [0.717, 1.165) is 6.07 Å². The number of benzene rings is 1. The summed E-state index contributed by atoms with van der Waals surface area (Å²) in [6.45, 7) is 1.72. The molecule has 0 atom stereocenters. The fourth-order valence-corrected chi connectivity index (χ4v) is 1.93. The van der Waals surface area contributed by atoms with Gasteiger partial charge in [0.25, 0.3) is 5.91 Å². The van der Waals surface area contributed by atoms with Gasteiger partial charge in [0.1, 0.15) is 5.82 Å². The minimum Gasteiger partial charge on any atom is -0.478 e. The molecular formula is C14H10ClFN2O3. The van der Waals surface area contributed by atoms with Gasteiger partial charge in [-0.25, -0.2) is 9.18 Å². The van der Waals surface area contributed by atoms with Gasteiger partial charge < -0.3 is 10.4 Å². The van der Waals surface area contributed by atoms with Crippen LogP contribution in [-0.2, 0) is 0 Å². The van der Waals surface area contributed by atoms with Gasteiger partial charge in [0.05, 0.1) is 21.8 Å². The Morgan fingerprint density at radius 2 is 2.05 bits per heavy atom. The number of hydrogen-bond donors (Lipinski definition) is 2. The van der Waals surface area contributed by atoms with E-state index in [1.165, 1.54) is 24.4 Å². The van der Waals surface area contributed by atoms with Gasteiger partial charge in [-0.05, 0) is 31.2 Å². The van der Waals surface area contributed by atoms with E-state index in [9.17, 15) is 14.0 Å². The molecule has 1 aromatic heterocycles. The van der Waals surface area contributed by atoms with E-state index >= 15 is 0 Å². The first-order valence-electron chi connectivity index (χ1n) is 5.85. The fourth-order valence-electron chi connectivity index (χ4n) is 1.63. The highest BCUT2D eigenvalue weighted by Crippen LogP contribution is 2.20. The molecule has 0 saturated heterocycles. The number of amides is 1. The standard InChI is InChI=1S/C14H10ClFN2O3/c1-7-4-10(15)9(6-17-7)13(19)18-12-3-2-8(14(20)21)5-11(12)16/h2-6H,1H3,(H,18,19)(H,20,21). The third-order valence-electron chi connectivity index (χ3n) is 2.70. The summed E-state index contributed by atoms with van der Waals surface area (Å²) in [5.74, 6) is -2.73. The summed E-state index contributed by atoms with van der Waals surface area (Å²) in [7, 11) is 0. The van der Waals surface area contributed by atoms with E-state index in [1.807, 2.05) is 0 Å². The number of anilines is 1. The number of rotatable bonds is 3. The number of nitrogens with zero attached hydrogens (tertiary/aromatic N) is 1. The molecule has 5 nitrogen and oxygen atoms in total. The molecule has 0 aliphatic rings. The second kappa shape index (κ2) is 5.88. The summed E-state index contributed by atoms with van der Waals surface area (Å²) < 4.78 is 13.7. The molecule has 0 radical (unpaired) electrons. The van der Waals surface area contributed by atoms with Crippen LogP contribution in [-0.4, -0.2) is 22.0 Å². The maximum absolute atomic E-state index is 13.7. The number of nitrogens with one attached hydrogen (secondary N) is 1. The van der Waals surface area contributed by atoms with Crippen LogP contribution in [0.4, 0.5) is 10.1 Å². The predicted molar refractivity (Wildman–Crippen MR) is 75.3 cm³/mol. The van der Waals surface area contributed by atoms with E-state index in [-0.39, 0.29) is 21.8 Å². The lowest BCUT2D eigenvalue weighted by atomic mass is 10.2. The predicted octanol–water partition coefficient (Wildman–Crippen LogP) is 3.13. The van der Waals surface area contributed by atoms with Gasteiger partial charge in [0.15, 0.2) is 0 Å². The number of aromatic nitrogens is 1. The Labute approximate surface area is 124 Å². The summed E-state index contributed by atoms with van der Waals surface area (Å²) in [6.07, 6.45) is 1.29. The zero-order valence-electron chi connectivity index (χ0n) is 10.9. The van der Waals surface area contributed by atoms with E-state index < -0.39 is 17.7 Å². The Morgan fingerprint density at radius 1 is 1.33 bits per heavy atom. The first-order chi connectivity index (χ1) is 9.88. The van der Waals surface area contributed by atoms with Gasteiger partial charge in [-0.2, -0.15) is 0 Å². The van der Waals surface area contributed by atoms with Crippen LogP contribution in [0, 0.1) is 12.7 Å². The Morgan fingerprint density at radius 3 is 2.62 bits per heavy atom. The van der Waals surface area contributed by atoms with Crippen LogP contribution >= 0.6 is 11.6 Å². The highest BCUT2D eigenvalue weighted by molar-refractivity contribution is 6.34. The third-order valence-corrected chi connectivity index (χ3v) is 3.01. The zero-order valence-corrected chi connectivity index (χ0v) is 11.6. The van der Waals surface area contributed by atoms with Crippen molar-refractivity contribution in [3.05, 3.63) is 58.1 Å². The van der Waals surface area contributed by atoms with Crippen LogP contribution in [0.5, 0.6) is 0 Å². The zero-order chi connectivity index (χ0) is 15.6. The largest absolute Gasteiger partial charge is 0.478 e. The molecule has 108 valence electrons. The topological polar surface area (TPSA) is 79.3 Å². The Kier molecular flexibility index (Phi) is 4.18. The van der Waals surface area contributed by atoms with Crippen molar-refractivity contribution in [2.45, 2.75) is 6.92 Å². The molecule has 0 bridgehead atoms. The molecule has 0 saturated carbocycles. The molecule has 0 aliphatic carbocycles. The molecule has 1 heterocycles. The van der Waals surface area contributed by atoms with E-state index in [4.69, 9.17) is 16.7 Å². The van der Waals surface area contributed by atoms with E-state index in [0.29, 0.717) is 5.69 Å². The maximum Gasteiger partial charge on any atom is 0.335 e. The molecule has 2 rings (SSSR count). The lowest BCUT2D eigenvalue weighted by Crippen LogP contribution is -2.14. The van der Waals surface area contributed by atoms with Crippen molar-refractivity contribution in [1.82, 2.24) is 4.98 Å². The smallest absolute Gasteiger partial charge is 0.335 e. The Hall–Kier alpha value is -2.47. The van der Waals surface area contributed by atoms with Crippen molar-refractivity contribution in [1.29, 1.82) is 0 Å². The SMILES string of the molecule is Cc1cc(Cl)c(C(=O)Nc2ccc(C(=O)O)cc2F)cn1. The van der Waals surface area contributed by atoms with Crippen LogP contribution in [0.3, 0.4) is 0 Å². The second-order valence-electron chi connectivity index (χ2n) is 4.26. The lowest BCUT2D eigenvalue weighted by molar-refractivity contribution is 0.0696. The summed E-state index contributed by atoms with van der Waals surface area (Å²) in [4.78, 5) is 26.6. The minimum atomic E-state index is -1.25. The van der Waals surface area contributed by atoms with Crippen molar-refractivity contribution in [3.63, 3.8) is 0 Å². The van der Waals surface area contributed by atoms with Crippen LogP contribution in [0.2, 0.25) is 5.02 Å². The number of carboxylic acid groups (broad SMARTS) is 1. The molecule has 1 aromatic carbocycles. The normalized spacial score (nSPS) is 10.2. The molecule has 0 unspecified atom stereocenters. The first-order valence-corrected chi connectivity index (χ1v) is 6.22. The lowest BCUT2D eigenvalue weighted by Gasteiger charge is -2.08. The average Bonchev–Trinajstić information content (AvgIpc) is 2.40. The van der Waals surface area contributed by atoms with Crippen LogP contribution in [0.25, 0.3) is 0 Å². The van der Waals surface area contributed by atoms with Crippen LogP contribution in [0.15, 0.2) is 30.5 Å². The van der Waals surface area contributed by atoms with Crippen LogP contribution < -0.4 is 5.32 Å². The first kappa shape index (κ1) is 14.9. The number of carbonyl (C=O) groups is 2. The van der Waals surface area contributed by atoms with Gasteiger partial charge in [0.2, 0.25) is 0 Å². The molecule has 0 aliphatic heterocycles. The monoisotopic (exact) mass is 308 g/mol. The molecular weight excluding hydrogens is 299 g/mol. The second-order valence-corrected chi connectivity index (χ2v) is 4.67. The Balaban J connectivity index is 2.25. The minimum absolute atomic E-state index is 0.101. The number of halogens is 2. The molecule has 7 heteroatoms. The number of carboxylic acids is 1. The number of aromatic carboxylic acids is 1. The fraction of sp³-hybridized carbons (Fsp3) is 0.0714. The number of pyridine rings is 1. The van der Waals surface area contributed by atoms with E-state index in [2.05, 4.69) is 10.3 Å². The van der Waals surface area contributed by atoms with Crippen molar-refractivity contribution in [2.24, 2.45) is 0 Å². The highest BCUT2D eigenvalue weighted by Gasteiger charge is 2.14. The quantitative estimate of drug-likeness (QED) is 0.913. The Bertz CT molecular complexity index is 734. The molecule has 2 aromatic rings. The van der Waals surface area contributed by atoms with Gasteiger partial charge in [-0.15, -0.1) is 0 Å². The highest BCUT2D eigenvalue weighted by atomic mass is 35.5. The van der Waals surface area contributed by atoms with Crippen molar-refractivity contribution < 1.29 is 19.1 Å². The molecule has 2 N–H and O–H groups in total. The van der Waals surface area contributed by atoms with Gasteiger partial charge in [0, 0.05) is 11.9 Å². The van der Waals surface area contributed by atoms with Crippen molar-refractivity contribution in [2.75, 3.05) is 5.32 Å². The molecule has 1 amide bonds. The van der Waals surface area contributed by atoms with E-state index in [1.54, 1.807) is 6.92 Å².